The molecule has 11 nitrogen and oxygen atoms in total. The lowest BCUT2D eigenvalue weighted by molar-refractivity contribution is -0.111. The van der Waals surface area contributed by atoms with Crippen molar-refractivity contribution in [3.8, 4) is 22.8 Å². The van der Waals surface area contributed by atoms with Gasteiger partial charge in [-0.05, 0) is 26.1 Å². The van der Waals surface area contributed by atoms with Gasteiger partial charge in [0.25, 0.3) is 0 Å². The normalized spacial score (nSPS) is 16.0. The number of aromatic nitrogens is 4. The number of ether oxygens (including phenoxy) is 2. The molecule has 0 radical (unpaired) electrons. The summed E-state index contributed by atoms with van der Waals surface area (Å²) in [4.78, 5) is 23.9. The third kappa shape index (κ3) is 6.53. The standard InChI is InChI=1S/C30H34N8O3/c1-5-28(39)32-23-17-24(26(40-4)18-25(23)37-13-15-41-16-14-37)33-30-31-12-11-27(34-30)38-20-22(19-36(2)3)29(35-38)21-9-7-6-8-10-21/h5-12,17-18,20H,1,13-16,19H2,2-4H3,(H,32,39)(H,31,33,34)/i2D3,3D3. The molecule has 0 unspecified atom stereocenters. The van der Waals surface area contributed by atoms with E-state index in [1.165, 1.54) is 24.1 Å². The summed E-state index contributed by atoms with van der Waals surface area (Å²) >= 11 is 0. The number of methoxy groups -OCH3 is 1. The Balaban J connectivity index is 1.51. The van der Waals surface area contributed by atoms with Crippen LogP contribution >= 0.6 is 0 Å². The Kier molecular flexibility index (Phi) is 6.49. The first-order chi connectivity index (χ1) is 22.4. The summed E-state index contributed by atoms with van der Waals surface area (Å²) in [7, 11) is 1.53. The van der Waals surface area contributed by atoms with Gasteiger partial charge in [-0.15, -0.1) is 0 Å². The van der Waals surface area contributed by atoms with E-state index in [0.29, 0.717) is 71.0 Å². The smallest absolute Gasteiger partial charge is 0.247 e. The predicted molar refractivity (Wildman–Crippen MR) is 160 cm³/mol. The zero-order valence-corrected chi connectivity index (χ0v) is 22.5. The number of benzene rings is 2. The molecule has 0 saturated carbocycles. The number of hydrogen-bond donors (Lipinski definition) is 2. The first kappa shape index (κ1) is 21.1. The molecule has 5 rings (SSSR count). The van der Waals surface area contributed by atoms with Gasteiger partial charge in [-0.3, -0.25) is 4.79 Å². The minimum Gasteiger partial charge on any atom is -0.494 e. The predicted octanol–water partition coefficient (Wildman–Crippen LogP) is 4.10. The zero-order valence-electron chi connectivity index (χ0n) is 28.5. The molecule has 1 aliphatic rings. The van der Waals surface area contributed by atoms with Crippen LogP contribution in [0.25, 0.3) is 17.1 Å². The molecule has 4 aromatic rings. The van der Waals surface area contributed by atoms with Crippen molar-refractivity contribution in [2.75, 3.05) is 62.9 Å². The van der Waals surface area contributed by atoms with Gasteiger partial charge in [-0.2, -0.15) is 10.1 Å². The van der Waals surface area contributed by atoms with Gasteiger partial charge < -0.3 is 29.9 Å². The average molecular weight is 561 g/mol. The number of morpholine rings is 1. The summed E-state index contributed by atoms with van der Waals surface area (Å²) < 4.78 is 59.7. The van der Waals surface area contributed by atoms with Crippen LogP contribution in [-0.4, -0.2) is 77.9 Å². The fraction of sp³-hybridized carbons (Fsp3) is 0.267. The van der Waals surface area contributed by atoms with Gasteiger partial charge in [-0.25, -0.2) is 9.67 Å². The highest BCUT2D eigenvalue weighted by Gasteiger charge is 2.20. The third-order valence-corrected chi connectivity index (χ3v) is 6.40. The Morgan fingerprint density at radius 2 is 2.00 bits per heavy atom. The first-order valence-corrected chi connectivity index (χ1v) is 12.9. The van der Waals surface area contributed by atoms with Crippen LogP contribution in [0.4, 0.5) is 23.0 Å². The number of rotatable bonds is 10. The number of hydrogen-bond acceptors (Lipinski definition) is 9. The molecular weight excluding hydrogens is 520 g/mol. The van der Waals surface area contributed by atoms with E-state index < -0.39 is 20.5 Å². The van der Waals surface area contributed by atoms with Crippen LogP contribution in [0.2, 0.25) is 0 Å². The quantitative estimate of drug-likeness (QED) is 0.277. The molecule has 11 heteroatoms. The van der Waals surface area contributed by atoms with Crippen LogP contribution in [0, 0.1) is 0 Å². The maximum absolute atomic E-state index is 12.3. The second-order valence-corrected chi connectivity index (χ2v) is 9.13. The maximum atomic E-state index is 12.3. The highest BCUT2D eigenvalue weighted by molar-refractivity contribution is 6.02. The van der Waals surface area contributed by atoms with Gasteiger partial charge in [0.15, 0.2) is 5.82 Å². The summed E-state index contributed by atoms with van der Waals surface area (Å²) in [6.45, 7) is -0.274. The summed E-state index contributed by atoms with van der Waals surface area (Å²) in [5.41, 5.74) is 3.19. The highest BCUT2D eigenvalue weighted by Crippen LogP contribution is 2.38. The van der Waals surface area contributed by atoms with Crippen molar-refractivity contribution in [2.45, 2.75) is 6.54 Å². The number of amides is 1. The molecule has 2 aromatic carbocycles. The third-order valence-electron chi connectivity index (χ3n) is 6.40. The Hall–Kier alpha value is -4.74. The molecule has 0 spiro atoms. The van der Waals surface area contributed by atoms with E-state index in [9.17, 15) is 4.79 Å². The molecule has 212 valence electrons. The number of nitrogens with zero attached hydrogens (tertiary/aromatic N) is 6. The number of carbonyl (C=O) groups is 1. The van der Waals surface area contributed by atoms with E-state index in [4.69, 9.17) is 17.7 Å². The maximum Gasteiger partial charge on any atom is 0.247 e. The zero-order chi connectivity index (χ0) is 33.8. The molecule has 2 N–H and O–H groups in total. The first-order valence-electron chi connectivity index (χ1n) is 15.9. The van der Waals surface area contributed by atoms with Crippen LogP contribution in [-0.2, 0) is 16.1 Å². The van der Waals surface area contributed by atoms with E-state index in [-0.39, 0.29) is 11.9 Å². The Labute approximate surface area is 247 Å². The van der Waals surface area contributed by atoms with Crippen molar-refractivity contribution >= 4 is 28.9 Å². The Morgan fingerprint density at radius 1 is 1.20 bits per heavy atom. The molecule has 0 atom stereocenters. The Morgan fingerprint density at radius 3 is 2.73 bits per heavy atom. The van der Waals surface area contributed by atoms with Crippen molar-refractivity contribution in [3.63, 3.8) is 0 Å². The summed E-state index contributed by atoms with van der Waals surface area (Å²) in [6.07, 6.45) is 4.25. The molecule has 1 aliphatic heterocycles. The van der Waals surface area contributed by atoms with Crippen molar-refractivity contribution < 1.29 is 22.5 Å². The van der Waals surface area contributed by atoms with Crippen LogP contribution in [0.5, 0.6) is 5.75 Å². The molecule has 2 aromatic heterocycles. The minimum atomic E-state index is -2.88. The fourth-order valence-electron chi connectivity index (χ4n) is 4.50. The van der Waals surface area contributed by atoms with E-state index in [2.05, 4.69) is 37.2 Å². The van der Waals surface area contributed by atoms with Gasteiger partial charge in [-0.1, -0.05) is 36.9 Å². The summed E-state index contributed by atoms with van der Waals surface area (Å²) in [5.74, 6) is 0.586. The van der Waals surface area contributed by atoms with Crippen LogP contribution in [0.3, 0.4) is 0 Å². The van der Waals surface area contributed by atoms with E-state index >= 15 is 0 Å². The van der Waals surface area contributed by atoms with Gasteiger partial charge in [0, 0.05) is 63.5 Å². The van der Waals surface area contributed by atoms with Crippen LogP contribution < -0.4 is 20.3 Å². The lowest BCUT2D eigenvalue weighted by Gasteiger charge is -2.31. The minimum absolute atomic E-state index is 0.172. The lowest BCUT2D eigenvalue weighted by atomic mass is 10.1. The molecule has 1 amide bonds. The number of nitrogens with one attached hydrogen (secondary N) is 2. The van der Waals surface area contributed by atoms with Gasteiger partial charge in [0.05, 0.1) is 43.1 Å². The lowest BCUT2D eigenvalue weighted by Crippen LogP contribution is -2.36. The second kappa shape index (κ2) is 12.6. The summed E-state index contributed by atoms with van der Waals surface area (Å²) in [5, 5.41) is 10.7. The highest BCUT2D eigenvalue weighted by atomic mass is 16.5. The van der Waals surface area contributed by atoms with Gasteiger partial charge in [0.1, 0.15) is 5.75 Å². The SMILES string of the molecule is [2H]C([2H])([2H])N(Cc1cn(-c2ccnc(Nc3cc(NC(=O)C=C)c(N4CCOCC4)cc3OC)n2)nc1-c1ccccc1)C([2H])([2H])[2H]. The van der Waals surface area contributed by atoms with E-state index in [1.54, 1.807) is 42.6 Å². The van der Waals surface area contributed by atoms with E-state index in [0.717, 1.165) is 5.69 Å². The summed E-state index contributed by atoms with van der Waals surface area (Å²) in [6, 6.07) is 14.2. The van der Waals surface area contributed by atoms with Crippen molar-refractivity contribution in [3.05, 3.63) is 79.1 Å². The van der Waals surface area contributed by atoms with Crippen LogP contribution in [0.15, 0.2) is 73.6 Å². The Bertz CT molecular complexity index is 1710. The molecule has 41 heavy (non-hydrogen) atoms. The molecule has 0 bridgehead atoms. The average Bonchev–Trinajstić information content (AvgIpc) is 3.48. The monoisotopic (exact) mass is 560 g/mol. The van der Waals surface area contributed by atoms with E-state index in [1.807, 2.05) is 12.1 Å². The van der Waals surface area contributed by atoms with Crippen molar-refractivity contribution in [2.24, 2.45) is 0 Å². The van der Waals surface area contributed by atoms with Crippen LogP contribution in [0.1, 0.15) is 13.8 Å². The largest absolute Gasteiger partial charge is 0.494 e. The van der Waals surface area contributed by atoms with Crippen molar-refractivity contribution in [1.82, 2.24) is 24.6 Å². The second-order valence-electron chi connectivity index (χ2n) is 9.13. The van der Waals surface area contributed by atoms with Gasteiger partial charge >= 0.3 is 0 Å². The molecular formula is C30H34N8O3. The van der Waals surface area contributed by atoms with Gasteiger partial charge in [0.2, 0.25) is 11.9 Å². The topological polar surface area (TPSA) is 110 Å². The fourth-order valence-corrected chi connectivity index (χ4v) is 4.50. The molecule has 0 aliphatic carbocycles. The molecule has 1 fully saturated rings. The molecule has 1 saturated heterocycles. The number of carbonyl (C=O) groups excluding carboxylic acids is 1. The van der Waals surface area contributed by atoms with Crippen molar-refractivity contribution in [1.29, 1.82) is 0 Å². The number of anilines is 4. The molecule has 3 heterocycles.